The Kier molecular flexibility index (Phi) is 28.0. The SMILES string of the molecule is CCCCCCCCCCCCCCCCCCC(CCCCCCCCCC)CCCCC[C+]1N=CC=N1. The largest absolute Gasteiger partial charge is 0.240 e. The van der Waals surface area contributed by atoms with Gasteiger partial charge in [0.25, 0.3) is 0 Å². The number of unbranched alkanes of at least 4 members (excludes halogenated alkanes) is 24. The summed E-state index contributed by atoms with van der Waals surface area (Å²) in [6.45, 7) is 4.62. The van der Waals surface area contributed by atoms with Crippen LogP contribution in [0.5, 0.6) is 0 Å². The Morgan fingerprint density at radius 1 is 0.385 bits per heavy atom. The number of hydrogen-bond donors (Lipinski definition) is 0. The van der Waals surface area contributed by atoms with Crippen LogP contribution in [0.15, 0.2) is 9.98 Å². The van der Waals surface area contributed by atoms with Crippen LogP contribution in [0, 0.1) is 12.1 Å². The van der Waals surface area contributed by atoms with Gasteiger partial charge in [0.15, 0.2) is 12.4 Å². The van der Waals surface area contributed by atoms with E-state index in [9.17, 15) is 0 Å². The van der Waals surface area contributed by atoms with E-state index in [1.165, 1.54) is 193 Å². The van der Waals surface area contributed by atoms with Crippen LogP contribution < -0.4 is 0 Å². The van der Waals surface area contributed by atoms with E-state index in [1.54, 1.807) is 0 Å². The van der Waals surface area contributed by atoms with Gasteiger partial charge in [-0.25, -0.2) is 0 Å². The van der Waals surface area contributed by atoms with E-state index in [0.717, 1.165) is 18.5 Å². The van der Waals surface area contributed by atoms with E-state index < -0.39 is 0 Å². The van der Waals surface area contributed by atoms with E-state index in [2.05, 4.69) is 23.8 Å². The van der Waals surface area contributed by atoms with Crippen molar-refractivity contribution in [1.29, 1.82) is 0 Å². The number of rotatable bonds is 32. The van der Waals surface area contributed by atoms with Crippen LogP contribution in [0.25, 0.3) is 0 Å². The second-order valence-electron chi connectivity index (χ2n) is 12.8. The number of hydrogen-bond acceptors (Lipinski definition) is 2. The molecule has 0 bridgehead atoms. The van der Waals surface area contributed by atoms with Gasteiger partial charge in [0, 0.05) is 0 Å². The molecule has 0 fully saturated rings. The van der Waals surface area contributed by atoms with Crippen LogP contribution in [0.2, 0.25) is 0 Å². The Morgan fingerprint density at radius 2 is 0.667 bits per heavy atom. The summed E-state index contributed by atoms with van der Waals surface area (Å²) in [5.41, 5.74) is 0. The molecule has 1 unspecified atom stereocenters. The minimum atomic E-state index is 0.979. The van der Waals surface area contributed by atoms with Crippen molar-refractivity contribution in [3.05, 3.63) is 6.17 Å². The number of aliphatic imine (C=N–C) groups is 2. The first-order chi connectivity index (χ1) is 19.4. The van der Waals surface area contributed by atoms with Crippen molar-refractivity contribution in [2.24, 2.45) is 15.9 Å². The smallest absolute Gasteiger partial charge is 0.0968 e. The summed E-state index contributed by atoms with van der Waals surface area (Å²) < 4.78 is 0. The summed E-state index contributed by atoms with van der Waals surface area (Å²) in [6.07, 6.45) is 49.2. The average Bonchev–Trinajstić information content (AvgIpc) is 3.47. The molecule has 1 heterocycles. The third-order valence-corrected chi connectivity index (χ3v) is 8.96. The normalized spacial score (nSPS) is 13.6. The fraction of sp³-hybridized carbons (Fsp3) is 0.919. The Labute approximate surface area is 247 Å². The summed E-state index contributed by atoms with van der Waals surface area (Å²) in [5.74, 6) is 0.979. The molecule has 0 N–H and O–H groups in total. The molecule has 2 nitrogen and oxygen atoms in total. The highest BCUT2D eigenvalue weighted by Crippen LogP contribution is 2.26. The Morgan fingerprint density at radius 3 is 1.00 bits per heavy atom. The molecule has 0 aromatic rings. The zero-order valence-electron chi connectivity index (χ0n) is 27.0. The maximum Gasteiger partial charge on any atom is 0.240 e. The highest BCUT2D eigenvalue weighted by atomic mass is 15.0. The number of nitrogens with zero attached hydrogens (tertiary/aromatic N) is 2. The van der Waals surface area contributed by atoms with Crippen LogP contribution in [0.3, 0.4) is 0 Å². The first kappa shape index (κ1) is 36.2. The molecule has 0 aromatic carbocycles. The second-order valence-corrected chi connectivity index (χ2v) is 12.8. The third-order valence-electron chi connectivity index (χ3n) is 8.96. The minimum Gasteiger partial charge on any atom is -0.0968 e. The van der Waals surface area contributed by atoms with E-state index in [4.69, 9.17) is 0 Å². The first-order valence-corrected chi connectivity index (χ1v) is 18.3. The van der Waals surface area contributed by atoms with Gasteiger partial charge in [0.2, 0.25) is 6.17 Å². The van der Waals surface area contributed by atoms with E-state index in [0.29, 0.717) is 0 Å². The van der Waals surface area contributed by atoms with Crippen LogP contribution in [0.1, 0.15) is 213 Å². The highest BCUT2D eigenvalue weighted by Gasteiger charge is 2.15. The van der Waals surface area contributed by atoms with Crippen molar-refractivity contribution < 1.29 is 0 Å². The van der Waals surface area contributed by atoms with Gasteiger partial charge in [-0.3, -0.25) is 0 Å². The molecule has 1 rings (SSSR count). The van der Waals surface area contributed by atoms with E-state index in [1.807, 2.05) is 12.4 Å². The lowest BCUT2D eigenvalue weighted by Crippen LogP contribution is -2.02. The molecule has 0 saturated heterocycles. The van der Waals surface area contributed by atoms with Gasteiger partial charge in [-0.15, -0.1) is 0 Å². The molecule has 0 aromatic heterocycles. The summed E-state index contributed by atoms with van der Waals surface area (Å²) in [6, 6.07) is 0. The van der Waals surface area contributed by atoms with Gasteiger partial charge in [0.1, 0.15) is 0 Å². The van der Waals surface area contributed by atoms with Crippen LogP contribution in [-0.2, 0) is 0 Å². The molecule has 39 heavy (non-hydrogen) atoms. The van der Waals surface area contributed by atoms with Gasteiger partial charge >= 0.3 is 0 Å². The summed E-state index contributed by atoms with van der Waals surface area (Å²) in [4.78, 5) is 8.65. The quantitative estimate of drug-likeness (QED) is 0.0595. The molecular weight excluding hydrogens is 472 g/mol. The van der Waals surface area contributed by atoms with Crippen LogP contribution in [0.4, 0.5) is 0 Å². The third kappa shape index (κ3) is 25.9. The van der Waals surface area contributed by atoms with Crippen LogP contribution >= 0.6 is 0 Å². The maximum atomic E-state index is 4.33. The lowest BCUT2D eigenvalue weighted by molar-refractivity contribution is 0.366. The Hall–Kier alpha value is -0.790. The molecule has 0 spiro atoms. The molecule has 0 amide bonds. The van der Waals surface area contributed by atoms with Gasteiger partial charge in [-0.1, -0.05) is 210 Å². The lowest BCUT2D eigenvalue weighted by atomic mass is 9.89. The molecule has 0 radical (unpaired) electrons. The molecule has 1 aliphatic heterocycles. The highest BCUT2D eigenvalue weighted by molar-refractivity contribution is 6.18. The second kappa shape index (κ2) is 30.2. The van der Waals surface area contributed by atoms with Gasteiger partial charge in [-0.2, -0.15) is 0 Å². The molecular formula is C37H71N2+. The molecule has 228 valence electrons. The van der Waals surface area contributed by atoms with Gasteiger partial charge < -0.3 is 0 Å². The topological polar surface area (TPSA) is 24.7 Å². The van der Waals surface area contributed by atoms with Crippen molar-refractivity contribution in [3.63, 3.8) is 0 Å². The monoisotopic (exact) mass is 544 g/mol. The molecule has 1 atom stereocenters. The van der Waals surface area contributed by atoms with Gasteiger partial charge in [0.05, 0.1) is 6.42 Å². The molecule has 1 aliphatic rings. The summed E-state index contributed by atoms with van der Waals surface area (Å²) in [5, 5.41) is 0. The lowest BCUT2D eigenvalue weighted by Gasteiger charge is -2.17. The molecule has 0 aliphatic carbocycles. The minimum absolute atomic E-state index is 0.979. The fourth-order valence-electron chi connectivity index (χ4n) is 6.28. The fourth-order valence-corrected chi connectivity index (χ4v) is 6.28. The van der Waals surface area contributed by atoms with Crippen LogP contribution in [-0.4, -0.2) is 12.4 Å². The Balaban J connectivity index is 2.00. The summed E-state index contributed by atoms with van der Waals surface area (Å²) >= 11 is 0. The maximum absolute atomic E-state index is 4.33. The predicted octanol–water partition coefficient (Wildman–Crippen LogP) is 13.4. The van der Waals surface area contributed by atoms with E-state index in [-0.39, 0.29) is 0 Å². The van der Waals surface area contributed by atoms with Crippen molar-refractivity contribution >= 4 is 12.4 Å². The van der Waals surface area contributed by atoms with Crippen molar-refractivity contribution in [2.45, 2.75) is 213 Å². The zero-order valence-corrected chi connectivity index (χ0v) is 27.0. The summed E-state index contributed by atoms with van der Waals surface area (Å²) in [7, 11) is 0. The zero-order chi connectivity index (χ0) is 27.9. The molecule has 0 saturated carbocycles. The molecule has 2 heteroatoms. The average molecular weight is 544 g/mol. The standard InChI is InChI=1S/C37H71N2/c1-3-5-7-9-11-13-14-15-16-17-18-19-20-22-24-27-31-36(30-26-23-21-12-10-8-6-4-2)32-28-25-29-33-37-38-34-35-39-37/h34-36H,3-33H2,1-2H3/q+1. The van der Waals surface area contributed by atoms with Crippen molar-refractivity contribution in [2.75, 3.05) is 0 Å². The van der Waals surface area contributed by atoms with Crippen molar-refractivity contribution in [1.82, 2.24) is 0 Å². The van der Waals surface area contributed by atoms with E-state index >= 15 is 0 Å². The van der Waals surface area contributed by atoms with Gasteiger partial charge in [-0.05, 0) is 12.3 Å². The first-order valence-electron chi connectivity index (χ1n) is 18.3. The predicted molar refractivity (Wildman–Crippen MR) is 178 cm³/mol. The van der Waals surface area contributed by atoms with Crippen molar-refractivity contribution in [3.8, 4) is 0 Å². The Bertz CT molecular complexity index is 514.